The van der Waals surface area contributed by atoms with Gasteiger partial charge in [0.1, 0.15) is 5.69 Å². The molecular weight excluding hydrogens is 218 g/mol. The highest BCUT2D eigenvalue weighted by Gasteiger charge is 2.10. The Balaban J connectivity index is 1.92. The van der Waals surface area contributed by atoms with Gasteiger partial charge in [-0.05, 0) is 25.5 Å². The fraction of sp³-hybridized carbons (Fsp3) is 0.545. The van der Waals surface area contributed by atoms with Crippen molar-refractivity contribution in [3.63, 3.8) is 0 Å². The van der Waals surface area contributed by atoms with Gasteiger partial charge >= 0.3 is 0 Å². The van der Waals surface area contributed by atoms with Gasteiger partial charge in [0.2, 0.25) is 11.7 Å². The van der Waals surface area contributed by atoms with Crippen LogP contribution in [0.4, 0.5) is 0 Å². The lowest BCUT2D eigenvalue weighted by molar-refractivity contribution is 0.374. The molecule has 0 atom stereocenters. The lowest BCUT2D eigenvalue weighted by Crippen LogP contribution is -1.98. The molecule has 0 unspecified atom stereocenters. The maximum atomic E-state index is 5.43. The van der Waals surface area contributed by atoms with Gasteiger partial charge < -0.3 is 10.3 Å². The molecule has 0 radical (unpaired) electrons. The van der Waals surface area contributed by atoms with Crippen molar-refractivity contribution in [3.05, 3.63) is 18.2 Å². The number of rotatable bonds is 6. The summed E-state index contributed by atoms with van der Waals surface area (Å²) in [6.45, 7) is 0.739. The highest BCUT2D eigenvalue weighted by molar-refractivity contribution is 5.46. The van der Waals surface area contributed by atoms with Crippen LogP contribution in [-0.4, -0.2) is 26.5 Å². The third kappa shape index (κ3) is 3.13. The molecular formula is C11H17N5O. The first-order valence-electron chi connectivity index (χ1n) is 5.82. The molecule has 92 valence electrons. The van der Waals surface area contributed by atoms with Crippen molar-refractivity contribution in [1.82, 2.24) is 19.9 Å². The normalized spacial score (nSPS) is 10.9. The van der Waals surface area contributed by atoms with Crippen LogP contribution in [0.25, 0.3) is 11.5 Å². The van der Waals surface area contributed by atoms with E-state index in [1.165, 1.54) is 0 Å². The fourth-order valence-electron chi connectivity index (χ4n) is 1.59. The Labute approximate surface area is 99.8 Å². The number of nitrogens with two attached hydrogens (primary N) is 1. The zero-order valence-corrected chi connectivity index (χ0v) is 9.96. The van der Waals surface area contributed by atoms with Crippen molar-refractivity contribution < 1.29 is 4.52 Å². The summed E-state index contributed by atoms with van der Waals surface area (Å²) in [5.74, 6) is 1.22. The van der Waals surface area contributed by atoms with E-state index >= 15 is 0 Å². The van der Waals surface area contributed by atoms with Crippen molar-refractivity contribution in [1.29, 1.82) is 0 Å². The van der Waals surface area contributed by atoms with Crippen molar-refractivity contribution in [2.24, 2.45) is 12.8 Å². The van der Waals surface area contributed by atoms with Gasteiger partial charge in [0.15, 0.2) is 0 Å². The second-order valence-corrected chi connectivity index (χ2v) is 3.99. The van der Waals surface area contributed by atoms with Crippen LogP contribution in [0, 0.1) is 0 Å². The predicted octanol–water partition coefficient (Wildman–Crippen LogP) is 1.14. The van der Waals surface area contributed by atoms with E-state index in [4.69, 9.17) is 10.3 Å². The maximum Gasteiger partial charge on any atom is 0.227 e. The van der Waals surface area contributed by atoms with Crippen molar-refractivity contribution in [2.75, 3.05) is 6.54 Å². The molecule has 0 aromatic carbocycles. The molecule has 0 amide bonds. The van der Waals surface area contributed by atoms with Gasteiger partial charge in [-0.25, -0.2) is 0 Å². The van der Waals surface area contributed by atoms with Gasteiger partial charge in [-0.15, -0.1) is 0 Å². The van der Waals surface area contributed by atoms with Gasteiger partial charge in [0, 0.05) is 19.7 Å². The first-order valence-corrected chi connectivity index (χ1v) is 5.82. The molecule has 0 fully saturated rings. The van der Waals surface area contributed by atoms with E-state index in [9.17, 15) is 0 Å². The number of nitrogens with zero attached hydrogens (tertiary/aromatic N) is 4. The van der Waals surface area contributed by atoms with E-state index in [1.54, 1.807) is 4.68 Å². The Kier molecular flexibility index (Phi) is 3.87. The molecule has 0 bridgehead atoms. The number of aromatic nitrogens is 4. The van der Waals surface area contributed by atoms with E-state index in [2.05, 4.69) is 15.2 Å². The van der Waals surface area contributed by atoms with Gasteiger partial charge in [-0.2, -0.15) is 10.1 Å². The zero-order chi connectivity index (χ0) is 12.1. The van der Waals surface area contributed by atoms with Gasteiger partial charge in [-0.1, -0.05) is 11.6 Å². The fourth-order valence-corrected chi connectivity index (χ4v) is 1.59. The molecule has 0 saturated carbocycles. The van der Waals surface area contributed by atoms with Crippen LogP contribution in [0.2, 0.25) is 0 Å². The Morgan fingerprint density at radius 1 is 1.35 bits per heavy atom. The van der Waals surface area contributed by atoms with Crippen LogP contribution < -0.4 is 5.73 Å². The van der Waals surface area contributed by atoms with E-state index in [1.807, 2.05) is 19.3 Å². The van der Waals surface area contributed by atoms with Crippen molar-refractivity contribution in [3.8, 4) is 11.5 Å². The molecule has 0 aliphatic rings. The quantitative estimate of drug-likeness (QED) is 0.759. The molecule has 0 spiro atoms. The minimum atomic E-state index is 0.555. The second kappa shape index (κ2) is 5.58. The summed E-state index contributed by atoms with van der Waals surface area (Å²) in [6, 6.07) is 1.86. The van der Waals surface area contributed by atoms with Crippen LogP contribution in [0.15, 0.2) is 16.8 Å². The Morgan fingerprint density at radius 2 is 2.24 bits per heavy atom. The number of hydrogen-bond acceptors (Lipinski definition) is 5. The number of unbranched alkanes of at least 4 members (excludes halogenated alkanes) is 2. The summed E-state index contributed by atoms with van der Waals surface area (Å²) >= 11 is 0. The minimum absolute atomic E-state index is 0.555. The number of hydrogen-bond donors (Lipinski definition) is 1. The Bertz CT molecular complexity index is 462. The SMILES string of the molecule is Cn1ccc(-c2noc(CCCCCN)n2)n1. The molecule has 0 aliphatic heterocycles. The molecule has 0 saturated heterocycles. The van der Waals surface area contributed by atoms with E-state index < -0.39 is 0 Å². The lowest BCUT2D eigenvalue weighted by atomic mass is 10.2. The van der Waals surface area contributed by atoms with Gasteiger partial charge in [0.05, 0.1) is 0 Å². The van der Waals surface area contributed by atoms with Crippen molar-refractivity contribution >= 4 is 0 Å². The van der Waals surface area contributed by atoms with Crippen molar-refractivity contribution in [2.45, 2.75) is 25.7 Å². The molecule has 2 aromatic rings. The first-order chi connectivity index (χ1) is 8.29. The predicted molar refractivity (Wildman–Crippen MR) is 63.1 cm³/mol. The second-order valence-electron chi connectivity index (χ2n) is 3.99. The molecule has 2 rings (SSSR count). The third-order valence-electron chi connectivity index (χ3n) is 2.51. The van der Waals surface area contributed by atoms with E-state index in [0.717, 1.165) is 37.9 Å². The van der Waals surface area contributed by atoms with Crippen LogP contribution >= 0.6 is 0 Å². The Morgan fingerprint density at radius 3 is 2.94 bits per heavy atom. The maximum absolute atomic E-state index is 5.43. The van der Waals surface area contributed by atoms with Crippen LogP contribution in [0.5, 0.6) is 0 Å². The highest BCUT2D eigenvalue weighted by atomic mass is 16.5. The molecule has 0 aliphatic carbocycles. The molecule has 17 heavy (non-hydrogen) atoms. The molecule has 6 nitrogen and oxygen atoms in total. The average Bonchev–Trinajstić information content (AvgIpc) is 2.93. The molecule has 2 N–H and O–H groups in total. The monoisotopic (exact) mass is 235 g/mol. The first kappa shape index (κ1) is 11.8. The van der Waals surface area contributed by atoms with E-state index in [0.29, 0.717) is 11.7 Å². The van der Waals surface area contributed by atoms with Crippen LogP contribution in [0.1, 0.15) is 25.2 Å². The summed E-state index contributed by atoms with van der Waals surface area (Å²) in [7, 11) is 1.86. The topological polar surface area (TPSA) is 82.8 Å². The van der Waals surface area contributed by atoms with Crippen LogP contribution in [-0.2, 0) is 13.5 Å². The molecule has 2 aromatic heterocycles. The van der Waals surface area contributed by atoms with Crippen LogP contribution in [0.3, 0.4) is 0 Å². The smallest absolute Gasteiger partial charge is 0.227 e. The minimum Gasteiger partial charge on any atom is -0.339 e. The standard InChI is InChI=1S/C11H17N5O/c1-16-8-6-9(14-16)11-13-10(17-15-11)5-3-2-4-7-12/h6,8H,2-5,7,12H2,1H3. The zero-order valence-electron chi connectivity index (χ0n) is 9.96. The molecule has 2 heterocycles. The van der Waals surface area contributed by atoms with E-state index in [-0.39, 0.29) is 0 Å². The molecule has 6 heteroatoms. The summed E-state index contributed by atoms with van der Waals surface area (Å²) in [5, 5.41) is 8.13. The number of aryl methyl sites for hydroxylation is 2. The summed E-state index contributed by atoms with van der Waals surface area (Å²) in [4.78, 5) is 4.31. The summed E-state index contributed by atoms with van der Waals surface area (Å²) < 4.78 is 6.88. The largest absolute Gasteiger partial charge is 0.339 e. The summed E-state index contributed by atoms with van der Waals surface area (Å²) in [6.07, 6.45) is 5.83. The lowest BCUT2D eigenvalue weighted by Gasteiger charge is -1.93. The highest BCUT2D eigenvalue weighted by Crippen LogP contribution is 2.13. The van der Waals surface area contributed by atoms with Gasteiger partial charge in [0.25, 0.3) is 0 Å². The average molecular weight is 235 g/mol. The Hall–Kier alpha value is -1.69. The third-order valence-corrected chi connectivity index (χ3v) is 2.51. The summed E-state index contributed by atoms with van der Waals surface area (Å²) in [5.41, 5.74) is 6.17. The van der Waals surface area contributed by atoms with Gasteiger partial charge in [-0.3, -0.25) is 4.68 Å².